The van der Waals surface area contributed by atoms with Crippen LogP contribution >= 0.6 is 0 Å². The third-order valence-corrected chi connectivity index (χ3v) is 4.81. The van der Waals surface area contributed by atoms with E-state index in [2.05, 4.69) is 70.9 Å². The van der Waals surface area contributed by atoms with Crippen LogP contribution in [-0.2, 0) is 17.8 Å². The zero-order chi connectivity index (χ0) is 19.3. The summed E-state index contributed by atoms with van der Waals surface area (Å²) in [4.78, 5) is 14.5. The summed E-state index contributed by atoms with van der Waals surface area (Å²) in [6, 6.07) is 21.8. The molecule has 2 aromatic carbocycles. The lowest BCUT2D eigenvalue weighted by Gasteiger charge is -2.43. The van der Waals surface area contributed by atoms with Gasteiger partial charge in [0.15, 0.2) is 0 Å². The first-order valence-corrected chi connectivity index (χ1v) is 9.70. The van der Waals surface area contributed by atoms with Gasteiger partial charge in [-0.15, -0.1) is 0 Å². The summed E-state index contributed by atoms with van der Waals surface area (Å²) in [5, 5.41) is 3.00. The number of nitrogens with one attached hydrogen (secondary N) is 1. The molecule has 1 saturated carbocycles. The van der Waals surface area contributed by atoms with Crippen molar-refractivity contribution < 1.29 is 9.53 Å². The number of ether oxygens (including phenoxy) is 1. The second kappa shape index (κ2) is 8.57. The molecule has 0 spiro atoms. The van der Waals surface area contributed by atoms with Crippen LogP contribution in [0, 0.1) is 0 Å². The summed E-state index contributed by atoms with van der Waals surface area (Å²) in [5.41, 5.74) is 2.17. The minimum Gasteiger partial charge on any atom is -0.444 e. The molecule has 0 aliphatic heterocycles. The average molecular weight is 367 g/mol. The Hall–Kier alpha value is -2.33. The average Bonchev–Trinajstić information content (AvgIpc) is 2.57. The molecule has 1 N–H and O–H groups in total. The van der Waals surface area contributed by atoms with Gasteiger partial charge in [0.05, 0.1) is 0 Å². The number of carbonyl (C=O) groups is 1. The van der Waals surface area contributed by atoms with Crippen LogP contribution < -0.4 is 5.32 Å². The van der Waals surface area contributed by atoms with Crippen molar-refractivity contribution in [3.63, 3.8) is 0 Å². The van der Waals surface area contributed by atoms with Crippen molar-refractivity contribution in [2.45, 2.75) is 64.4 Å². The van der Waals surface area contributed by atoms with E-state index in [0.29, 0.717) is 6.04 Å². The van der Waals surface area contributed by atoms with Crippen LogP contribution in [0.5, 0.6) is 0 Å². The molecule has 0 atom stereocenters. The lowest BCUT2D eigenvalue weighted by molar-refractivity contribution is 0.0367. The maximum absolute atomic E-state index is 12.0. The number of carbonyl (C=O) groups excluding carboxylic acids is 1. The smallest absolute Gasteiger partial charge is 0.407 e. The summed E-state index contributed by atoms with van der Waals surface area (Å²) in [6.45, 7) is 7.49. The van der Waals surface area contributed by atoms with Gasteiger partial charge in [0, 0.05) is 25.2 Å². The van der Waals surface area contributed by atoms with E-state index >= 15 is 0 Å². The van der Waals surface area contributed by atoms with Gasteiger partial charge < -0.3 is 10.1 Å². The van der Waals surface area contributed by atoms with Crippen LogP contribution in [-0.4, -0.2) is 28.7 Å². The SMILES string of the molecule is CC(C)(C)OC(=O)NC1CC(N(Cc2ccccc2)Cc2ccccc2)C1. The van der Waals surface area contributed by atoms with Crippen molar-refractivity contribution in [1.82, 2.24) is 10.2 Å². The molecule has 4 heteroatoms. The van der Waals surface area contributed by atoms with Crippen LogP contribution in [0.25, 0.3) is 0 Å². The standard InChI is InChI=1S/C23H30N2O2/c1-23(2,3)27-22(26)24-20-14-21(15-20)25(16-18-10-6-4-7-11-18)17-19-12-8-5-9-13-19/h4-13,20-21H,14-17H2,1-3H3,(H,24,26). The molecule has 1 amide bonds. The van der Waals surface area contributed by atoms with E-state index in [1.54, 1.807) is 0 Å². The molecule has 0 unspecified atom stereocenters. The number of rotatable bonds is 6. The molecule has 0 bridgehead atoms. The lowest BCUT2D eigenvalue weighted by atomic mass is 9.85. The first kappa shape index (κ1) is 19.4. The van der Waals surface area contributed by atoms with E-state index in [-0.39, 0.29) is 12.1 Å². The van der Waals surface area contributed by atoms with Crippen molar-refractivity contribution in [3.05, 3.63) is 71.8 Å². The molecule has 1 aliphatic carbocycles. The Balaban J connectivity index is 1.58. The summed E-state index contributed by atoms with van der Waals surface area (Å²) in [7, 11) is 0. The van der Waals surface area contributed by atoms with Gasteiger partial charge in [-0.1, -0.05) is 60.7 Å². The molecule has 4 nitrogen and oxygen atoms in total. The molecule has 3 rings (SSSR count). The first-order chi connectivity index (χ1) is 12.9. The van der Waals surface area contributed by atoms with Gasteiger partial charge >= 0.3 is 6.09 Å². The fourth-order valence-electron chi connectivity index (χ4n) is 3.43. The quantitative estimate of drug-likeness (QED) is 0.802. The number of hydrogen-bond donors (Lipinski definition) is 1. The highest BCUT2D eigenvalue weighted by atomic mass is 16.6. The molecule has 1 aliphatic rings. The van der Waals surface area contributed by atoms with Gasteiger partial charge in [-0.2, -0.15) is 0 Å². The maximum atomic E-state index is 12.0. The molecule has 0 heterocycles. The molecule has 1 fully saturated rings. The summed E-state index contributed by atoms with van der Waals surface area (Å²) in [6.07, 6.45) is 1.60. The molecule has 2 aromatic rings. The Labute approximate surface area is 162 Å². The minimum atomic E-state index is -0.458. The molecule has 0 radical (unpaired) electrons. The van der Waals surface area contributed by atoms with Gasteiger partial charge in [-0.3, -0.25) is 4.90 Å². The molecule has 0 saturated heterocycles. The second-order valence-electron chi connectivity index (χ2n) is 8.34. The van der Waals surface area contributed by atoms with E-state index in [0.717, 1.165) is 25.9 Å². The van der Waals surface area contributed by atoms with E-state index in [9.17, 15) is 4.79 Å². The predicted octanol–water partition coefficient (Wildman–Crippen LogP) is 4.74. The van der Waals surface area contributed by atoms with Crippen molar-refractivity contribution in [1.29, 1.82) is 0 Å². The highest BCUT2D eigenvalue weighted by Crippen LogP contribution is 2.29. The monoisotopic (exact) mass is 366 g/mol. The van der Waals surface area contributed by atoms with Crippen LogP contribution in [0.4, 0.5) is 4.79 Å². The second-order valence-corrected chi connectivity index (χ2v) is 8.34. The van der Waals surface area contributed by atoms with Crippen molar-refractivity contribution in [2.24, 2.45) is 0 Å². The molecule has 144 valence electrons. The normalized spacial score (nSPS) is 19.4. The molecular weight excluding hydrogens is 336 g/mol. The van der Waals surface area contributed by atoms with Crippen molar-refractivity contribution >= 4 is 6.09 Å². The van der Waals surface area contributed by atoms with E-state index in [1.165, 1.54) is 11.1 Å². The number of nitrogens with zero attached hydrogens (tertiary/aromatic N) is 1. The van der Waals surface area contributed by atoms with Crippen LogP contribution in [0.15, 0.2) is 60.7 Å². The fourth-order valence-corrected chi connectivity index (χ4v) is 3.43. The van der Waals surface area contributed by atoms with Crippen LogP contribution in [0.2, 0.25) is 0 Å². The van der Waals surface area contributed by atoms with Gasteiger partial charge in [0.1, 0.15) is 5.60 Å². The highest BCUT2D eigenvalue weighted by molar-refractivity contribution is 5.68. The molecule has 27 heavy (non-hydrogen) atoms. The number of hydrogen-bond acceptors (Lipinski definition) is 3. The lowest BCUT2D eigenvalue weighted by Crippen LogP contribution is -2.54. The van der Waals surface area contributed by atoms with Gasteiger partial charge in [-0.05, 0) is 44.7 Å². The topological polar surface area (TPSA) is 41.6 Å². The zero-order valence-corrected chi connectivity index (χ0v) is 16.5. The Morgan fingerprint density at radius 2 is 1.44 bits per heavy atom. The van der Waals surface area contributed by atoms with Gasteiger partial charge in [-0.25, -0.2) is 4.79 Å². The minimum absolute atomic E-state index is 0.193. The van der Waals surface area contributed by atoms with E-state index < -0.39 is 5.60 Å². The maximum Gasteiger partial charge on any atom is 0.407 e. The van der Waals surface area contributed by atoms with Crippen LogP contribution in [0.3, 0.4) is 0 Å². The van der Waals surface area contributed by atoms with Gasteiger partial charge in [0.25, 0.3) is 0 Å². The van der Waals surface area contributed by atoms with Crippen molar-refractivity contribution in [3.8, 4) is 0 Å². The summed E-state index contributed by atoms with van der Waals surface area (Å²) in [5.74, 6) is 0. The summed E-state index contributed by atoms with van der Waals surface area (Å²) < 4.78 is 5.37. The third kappa shape index (κ3) is 6.10. The van der Waals surface area contributed by atoms with E-state index in [1.807, 2.05) is 20.8 Å². The predicted molar refractivity (Wildman–Crippen MR) is 108 cm³/mol. The molecular formula is C23H30N2O2. The number of benzene rings is 2. The Kier molecular flexibility index (Phi) is 6.17. The Bertz CT molecular complexity index is 678. The van der Waals surface area contributed by atoms with Crippen molar-refractivity contribution in [2.75, 3.05) is 0 Å². The largest absolute Gasteiger partial charge is 0.444 e. The van der Waals surface area contributed by atoms with Crippen LogP contribution in [0.1, 0.15) is 44.7 Å². The van der Waals surface area contributed by atoms with E-state index in [4.69, 9.17) is 4.74 Å². The first-order valence-electron chi connectivity index (χ1n) is 9.70. The summed E-state index contributed by atoms with van der Waals surface area (Å²) >= 11 is 0. The Morgan fingerprint density at radius 3 is 1.89 bits per heavy atom. The number of amides is 1. The highest BCUT2D eigenvalue weighted by Gasteiger charge is 2.35. The zero-order valence-electron chi connectivity index (χ0n) is 16.5. The Morgan fingerprint density at radius 1 is 0.963 bits per heavy atom. The fraction of sp³-hybridized carbons (Fsp3) is 0.435. The molecule has 0 aromatic heterocycles. The number of alkyl carbamates (subject to hydrolysis) is 1. The van der Waals surface area contributed by atoms with Gasteiger partial charge in [0.2, 0.25) is 0 Å². The third-order valence-electron chi connectivity index (χ3n) is 4.81.